The Hall–Kier alpha value is -1.56. The van der Waals surface area contributed by atoms with Crippen molar-refractivity contribution in [2.45, 2.75) is 25.8 Å². The average Bonchev–Trinajstić information content (AvgIpc) is 2.93. The second-order valence-electron chi connectivity index (χ2n) is 4.85. The van der Waals surface area contributed by atoms with Crippen LogP contribution in [0.4, 0.5) is 0 Å². The molecule has 6 nitrogen and oxygen atoms in total. The van der Waals surface area contributed by atoms with Crippen LogP contribution in [0.2, 0.25) is 0 Å². The number of rotatable bonds is 6. The van der Waals surface area contributed by atoms with Gasteiger partial charge in [0.05, 0.1) is 5.69 Å². The smallest absolute Gasteiger partial charge is 0.139 e. The number of aryl methyl sites for hydroxylation is 1. The van der Waals surface area contributed by atoms with Crippen LogP contribution in [-0.4, -0.2) is 27.4 Å². The Labute approximate surface area is 100 Å². The molecular formula is C11H19N5O. The minimum absolute atomic E-state index is 0.199. The molecule has 0 amide bonds. The quantitative estimate of drug-likeness (QED) is 0.290. The van der Waals surface area contributed by atoms with Crippen LogP contribution in [0.5, 0.6) is 0 Å². The topological polar surface area (TPSA) is 88.5 Å². The van der Waals surface area contributed by atoms with Crippen molar-refractivity contribution in [2.75, 3.05) is 6.54 Å². The monoisotopic (exact) mass is 237 g/mol. The lowest BCUT2D eigenvalue weighted by Gasteiger charge is -2.14. The van der Waals surface area contributed by atoms with Crippen LogP contribution in [-0.2, 0) is 13.6 Å². The van der Waals surface area contributed by atoms with Gasteiger partial charge in [-0.1, -0.05) is 5.16 Å². The molecule has 0 radical (unpaired) electrons. The van der Waals surface area contributed by atoms with Gasteiger partial charge in [-0.3, -0.25) is 4.68 Å². The van der Waals surface area contributed by atoms with Crippen molar-refractivity contribution in [3.8, 4) is 0 Å². The van der Waals surface area contributed by atoms with Gasteiger partial charge in [0.15, 0.2) is 0 Å². The molecule has 4 N–H and O–H groups in total. The van der Waals surface area contributed by atoms with Gasteiger partial charge in [-0.25, -0.2) is 0 Å². The van der Waals surface area contributed by atoms with E-state index in [0.717, 1.165) is 31.6 Å². The fourth-order valence-corrected chi connectivity index (χ4v) is 2.03. The third-order valence-corrected chi connectivity index (χ3v) is 3.22. The van der Waals surface area contributed by atoms with Crippen LogP contribution in [0.25, 0.3) is 0 Å². The van der Waals surface area contributed by atoms with Gasteiger partial charge in [-0.05, 0) is 24.3 Å². The maximum Gasteiger partial charge on any atom is 0.139 e. The summed E-state index contributed by atoms with van der Waals surface area (Å²) in [7, 11) is 1.91. The van der Waals surface area contributed by atoms with E-state index in [2.05, 4.69) is 15.6 Å². The Morgan fingerprint density at radius 1 is 1.71 bits per heavy atom. The van der Waals surface area contributed by atoms with Gasteiger partial charge >= 0.3 is 0 Å². The number of nitrogens with one attached hydrogen (secondary N) is 1. The molecule has 1 aliphatic rings. The summed E-state index contributed by atoms with van der Waals surface area (Å²) < 4.78 is 1.79. The first-order chi connectivity index (χ1) is 8.13. The van der Waals surface area contributed by atoms with E-state index >= 15 is 0 Å². The summed E-state index contributed by atoms with van der Waals surface area (Å²) in [4.78, 5) is 0. The largest absolute Gasteiger partial charge is 0.409 e. The third-order valence-electron chi connectivity index (χ3n) is 3.22. The van der Waals surface area contributed by atoms with Crippen molar-refractivity contribution in [2.24, 2.45) is 23.4 Å². The Balaban J connectivity index is 1.75. The Morgan fingerprint density at radius 3 is 3.00 bits per heavy atom. The van der Waals surface area contributed by atoms with Crippen LogP contribution in [0.15, 0.2) is 17.4 Å². The molecule has 2 rings (SSSR count). The van der Waals surface area contributed by atoms with Crippen molar-refractivity contribution >= 4 is 5.84 Å². The number of amidine groups is 1. The molecule has 6 heteroatoms. The van der Waals surface area contributed by atoms with Crippen molar-refractivity contribution < 1.29 is 5.21 Å². The molecule has 0 aromatic carbocycles. The van der Waals surface area contributed by atoms with E-state index in [0.29, 0.717) is 12.3 Å². The molecule has 17 heavy (non-hydrogen) atoms. The third kappa shape index (κ3) is 3.20. The standard InChI is InChI=1S/C11H19N5O/c1-16-5-2-9(14-16)7-13-8-11(3-4-11)6-10(12)15-17/h2,5,13,17H,3-4,6-8H2,1H3,(H2,12,15). The zero-order valence-corrected chi connectivity index (χ0v) is 10.1. The fraction of sp³-hybridized carbons (Fsp3) is 0.636. The lowest BCUT2D eigenvalue weighted by molar-refractivity contribution is 0.314. The lowest BCUT2D eigenvalue weighted by atomic mass is 10.0. The fourth-order valence-electron chi connectivity index (χ4n) is 2.03. The van der Waals surface area contributed by atoms with Crippen LogP contribution in [0, 0.1) is 5.41 Å². The zero-order chi connectivity index (χ0) is 12.3. The van der Waals surface area contributed by atoms with Crippen molar-refractivity contribution in [3.63, 3.8) is 0 Å². The highest BCUT2D eigenvalue weighted by molar-refractivity contribution is 5.80. The second-order valence-corrected chi connectivity index (χ2v) is 4.85. The van der Waals surface area contributed by atoms with Crippen LogP contribution in [0.1, 0.15) is 25.0 Å². The molecule has 1 fully saturated rings. The maximum atomic E-state index is 8.56. The normalized spacial score (nSPS) is 18.3. The van der Waals surface area contributed by atoms with Gasteiger partial charge in [-0.15, -0.1) is 0 Å². The van der Waals surface area contributed by atoms with Gasteiger partial charge in [0, 0.05) is 32.8 Å². The second kappa shape index (κ2) is 4.75. The molecule has 1 saturated carbocycles. The van der Waals surface area contributed by atoms with Gasteiger partial charge in [0.2, 0.25) is 0 Å². The van der Waals surface area contributed by atoms with Crippen LogP contribution < -0.4 is 11.1 Å². The summed E-state index contributed by atoms with van der Waals surface area (Å²) in [5.74, 6) is 0.321. The van der Waals surface area contributed by atoms with E-state index < -0.39 is 0 Å². The number of nitrogens with two attached hydrogens (primary N) is 1. The Kier molecular flexibility index (Phi) is 3.33. The summed E-state index contributed by atoms with van der Waals surface area (Å²) in [5, 5.41) is 19.3. The molecule has 0 atom stereocenters. The van der Waals surface area contributed by atoms with Gasteiger partial charge in [-0.2, -0.15) is 5.10 Å². The summed E-state index contributed by atoms with van der Waals surface area (Å²) in [5.41, 5.74) is 6.78. The lowest BCUT2D eigenvalue weighted by Crippen LogP contribution is -2.28. The molecule has 0 aliphatic heterocycles. The summed E-state index contributed by atoms with van der Waals surface area (Å²) >= 11 is 0. The van der Waals surface area contributed by atoms with Crippen molar-refractivity contribution in [1.82, 2.24) is 15.1 Å². The minimum Gasteiger partial charge on any atom is -0.409 e. The number of hydrogen-bond donors (Lipinski definition) is 3. The summed E-state index contributed by atoms with van der Waals surface area (Å²) in [6.07, 6.45) is 4.87. The highest BCUT2D eigenvalue weighted by Gasteiger charge is 2.42. The van der Waals surface area contributed by atoms with Gasteiger partial charge < -0.3 is 16.3 Å². The van der Waals surface area contributed by atoms with Gasteiger partial charge in [0.25, 0.3) is 0 Å². The Bertz CT molecular complexity index is 408. The highest BCUT2D eigenvalue weighted by Crippen LogP contribution is 2.48. The molecule has 0 bridgehead atoms. The van der Waals surface area contributed by atoms with E-state index in [1.165, 1.54) is 0 Å². The Morgan fingerprint density at radius 2 is 2.47 bits per heavy atom. The molecule has 94 valence electrons. The first-order valence-electron chi connectivity index (χ1n) is 5.79. The SMILES string of the molecule is Cn1ccc(CNCC2(C/C(N)=N/O)CC2)n1. The number of nitrogens with zero attached hydrogens (tertiary/aromatic N) is 3. The minimum atomic E-state index is 0.199. The molecule has 0 saturated heterocycles. The number of oxime groups is 1. The summed E-state index contributed by atoms with van der Waals surface area (Å²) in [6, 6.07) is 2.00. The summed E-state index contributed by atoms with van der Waals surface area (Å²) in [6.45, 7) is 1.65. The predicted molar refractivity (Wildman–Crippen MR) is 64.6 cm³/mol. The average molecular weight is 237 g/mol. The first kappa shape index (κ1) is 11.9. The molecule has 1 aliphatic carbocycles. The molecule has 1 aromatic heterocycles. The van der Waals surface area contributed by atoms with Crippen LogP contribution in [0.3, 0.4) is 0 Å². The van der Waals surface area contributed by atoms with E-state index in [-0.39, 0.29) is 5.41 Å². The van der Waals surface area contributed by atoms with Crippen molar-refractivity contribution in [3.05, 3.63) is 18.0 Å². The van der Waals surface area contributed by atoms with E-state index in [1.807, 2.05) is 19.3 Å². The number of aromatic nitrogens is 2. The zero-order valence-electron chi connectivity index (χ0n) is 10.1. The maximum absolute atomic E-state index is 8.56. The molecular weight excluding hydrogens is 218 g/mol. The number of hydrogen-bond acceptors (Lipinski definition) is 4. The van der Waals surface area contributed by atoms with Gasteiger partial charge in [0.1, 0.15) is 5.84 Å². The molecule has 0 unspecified atom stereocenters. The van der Waals surface area contributed by atoms with E-state index in [4.69, 9.17) is 10.9 Å². The molecule has 1 aromatic rings. The van der Waals surface area contributed by atoms with Crippen molar-refractivity contribution in [1.29, 1.82) is 0 Å². The molecule has 0 spiro atoms. The molecule has 1 heterocycles. The van der Waals surface area contributed by atoms with Crippen LogP contribution >= 0.6 is 0 Å². The van der Waals surface area contributed by atoms with E-state index in [9.17, 15) is 0 Å². The first-order valence-corrected chi connectivity index (χ1v) is 5.79. The van der Waals surface area contributed by atoms with E-state index in [1.54, 1.807) is 4.68 Å². The predicted octanol–water partition coefficient (Wildman–Crippen LogP) is 0.426. The highest BCUT2D eigenvalue weighted by atomic mass is 16.4.